The van der Waals surface area contributed by atoms with Crippen molar-refractivity contribution in [3.8, 4) is 0 Å². The summed E-state index contributed by atoms with van der Waals surface area (Å²) in [7, 11) is -0.0230. The average molecular weight is 325 g/mol. The molecule has 0 spiro atoms. The van der Waals surface area contributed by atoms with Crippen LogP contribution in [-0.2, 0) is 10.0 Å². The van der Waals surface area contributed by atoms with Crippen LogP contribution in [0.25, 0.3) is 0 Å². The molecule has 122 valence electrons. The van der Waals surface area contributed by atoms with E-state index in [-0.39, 0.29) is 10.8 Å². The van der Waals surface area contributed by atoms with Gasteiger partial charge in [0.2, 0.25) is 10.0 Å². The van der Waals surface area contributed by atoms with Crippen LogP contribution < -0.4 is 5.43 Å². The predicted molar refractivity (Wildman–Crippen MR) is 84.8 cm³/mol. The van der Waals surface area contributed by atoms with Gasteiger partial charge in [-0.2, -0.15) is 4.31 Å². The lowest BCUT2D eigenvalue weighted by atomic mass is 10.2. The molecule has 22 heavy (non-hydrogen) atoms. The average Bonchev–Trinajstić information content (AvgIpc) is 2.76. The Balaban J connectivity index is 2.16. The van der Waals surface area contributed by atoms with E-state index in [1.807, 2.05) is 0 Å². The molecule has 0 radical (unpaired) electrons. The van der Waals surface area contributed by atoms with Crippen molar-refractivity contribution in [1.29, 1.82) is 0 Å². The van der Waals surface area contributed by atoms with E-state index in [0.29, 0.717) is 18.7 Å². The summed E-state index contributed by atoms with van der Waals surface area (Å²) in [4.78, 5) is 12.1. The van der Waals surface area contributed by atoms with Gasteiger partial charge in [0.25, 0.3) is 5.91 Å². The van der Waals surface area contributed by atoms with Gasteiger partial charge >= 0.3 is 0 Å². The van der Waals surface area contributed by atoms with Crippen molar-refractivity contribution in [3.63, 3.8) is 0 Å². The summed E-state index contributed by atoms with van der Waals surface area (Å²) in [5.74, 6) is -0.260. The fourth-order valence-corrected chi connectivity index (χ4v) is 3.99. The number of amides is 1. The number of nitrogens with one attached hydrogen (secondary N) is 1. The second kappa shape index (κ2) is 7.21. The summed E-state index contributed by atoms with van der Waals surface area (Å²) in [5.41, 5.74) is 3.06. The molecule has 0 atom stereocenters. The Morgan fingerprint density at radius 1 is 1.05 bits per heavy atom. The highest BCUT2D eigenvalue weighted by Gasteiger charge is 2.25. The summed E-state index contributed by atoms with van der Waals surface area (Å²) in [6.07, 6.45) is 3.97. The van der Waals surface area contributed by atoms with E-state index in [0.717, 1.165) is 25.7 Å². The molecule has 1 aliphatic heterocycles. The van der Waals surface area contributed by atoms with E-state index >= 15 is 0 Å². The van der Waals surface area contributed by atoms with Gasteiger partial charge in [0.15, 0.2) is 0 Å². The topological polar surface area (TPSA) is 69.7 Å². The van der Waals surface area contributed by atoms with Crippen LogP contribution in [0.3, 0.4) is 0 Å². The first-order chi connectivity index (χ1) is 10.4. The molecule has 1 aromatic rings. The van der Waals surface area contributed by atoms with Crippen molar-refractivity contribution < 1.29 is 13.2 Å². The van der Waals surface area contributed by atoms with Crippen LogP contribution in [0.4, 0.5) is 0 Å². The van der Waals surface area contributed by atoms with Crippen molar-refractivity contribution in [2.24, 2.45) is 0 Å². The number of carbonyl (C=O) groups excluding carboxylic acids is 1. The maximum absolute atomic E-state index is 12.6. The minimum atomic E-state index is -3.46. The third-order valence-corrected chi connectivity index (χ3v) is 5.56. The van der Waals surface area contributed by atoms with E-state index in [4.69, 9.17) is 0 Å². The molecular weight excluding hydrogens is 302 g/mol. The van der Waals surface area contributed by atoms with Gasteiger partial charge in [-0.3, -0.25) is 10.2 Å². The zero-order valence-electron chi connectivity index (χ0n) is 13.1. The molecule has 1 fully saturated rings. The second-order valence-electron chi connectivity index (χ2n) is 5.68. The van der Waals surface area contributed by atoms with Gasteiger partial charge in [-0.15, -0.1) is 0 Å². The first kappa shape index (κ1) is 16.9. The Labute approximate surface area is 132 Å². The first-order valence-electron chi connectivity index (χ1n) is 7.50. The zero-order valence-corrected chi connectivity index (χ0v) is 13.9. The van der Waals surface area contributed by atoms with E-state index in [9.17, 15) is 13.2 Å². The zero-order chi connectivity index (χ0) is 16.2. The number of benzene rings is 1. The van der Waals surface area contributed by atoms with Crippen molar-refractivity contribution in [2.45, 2.75) is 30.6 Å². The standard InChI is InChI=1S/C15H23N3O3S/c1-17(2)16-15(19)13-7-9-14(10-8-13)22(20,21)18-11-5-3-4-6-12-18/h7-10H,3-6,11-12H2,1-2H3,(H,16,19). The molecule has 2 rings (SSSR count). The minimum absolute atomic E-state index is 0.246. The SMILES string of the molecule is CN(C)NC(=O)c1ccc(S(=O)(=O)N2CCCCCC2)cc1. The number of hydrogen-bond acceptors (Lipinski definition) is 4. The van der Waals surface area contributed by atoms with E-state index in [1.165, 1.54) is 12.1 Å². The van der Waals surface area contributed by atoms with E-state index < -0.39 is 10.0 Å². The van der Waals surface area contributed by atoms with Gasteiger partial charge in [-0.25, -0.2) is 13.4 Å². The molecule has 0 aromatic heterocycles. The maximum Gasteiger partial charge on any atom is 0.265 e. The molecule has 1 N–H and O–H groups in total. The maximum atomic E-state index is 12.6. The molecule has 0 saturated carbocycles. The van der Waals surface area contributed by atoms with Gasteiger partial charge in [0, 0.05) is 32.7 Å². The fraction of sp³-hybridized carbons (Fsp3) is 0.533. The molecule has 6 nitrogen and oxygen atoms in total. The van der Waals surface area contributed by atoms with Crippen LogP contribution in [0, 0.1) is 0 Å². The largest absolute Gasteiger partial charge is 0.285 e. The molecule has 0 aliphatic carbocycles. The molecule has 0 unspecified atom stereocenters. The van der Waals surface area contributed by atoms with Gasteiger partial charge in [-0.05, 0) is 37.1 Å². The van der Waals surface area contributed by atoms with Crippen LogP contribution in [0.15, 0.2) is 29.2 Å². The monoisotopic (exact) mass is 325 g/mol. The predicted octanol–water partition coefficient (Wildman–Crippen LogP) is 1.46. The van der Waals surface area contributed by atoms with Gasteiger partial charge in [0.1, 0.15) is 0 Å². The van der Waals surface area contributed by atoms with Crippen molar-refractivity contribution >= 4 is 15.9 Å². The number of nitrogens with zero attached hydrogens (tertiary/aromatic N) is 2. The van der Waals surface area contributed by atoms with Crippen LogP contribution in [-0.4, -0.2) is 50.8 Å². The molecule has 1 amide bonds. The number of sulfonamides is 1. The quantitative estimate of drug-likeness (QED) is 0.851. The lowest BCUT2D eigenvalue weighted by Crippen LogP contribution is -2.36. The summed E-state index contributed by atoms with van der Waals surface area (Å²) in [5, 5.41) is 1.55. The van der Waals surface area contributed by atoms with E-state index in [2.05, 4.69) is 5.43 Å². The summed E-state index contributed by atoms with van der Waals surface area (Å²) < 4.78 is 26.8. The molecule has 1 heterocycles. The number of hydrazine groups is 1. The molecule has 1 aromatic carbocycles. The number of carbonyl (C=O) groups is 1. The molecule has 7 heteroatoms. The van der Waals surface area contributed by atoms with Crippen LogP contribution in [0.2, 0.25) is 0 Å². The number of rotatable bonds is 4. The molecular formula is C15H23N3O3S. The smallest absolute Gasteiger partial charge is 0.265 e. The normalized spacial score (nSPS) is 17.2. The van der Waals surface area contributed by atoms with Crippen LogP contribution in [0.5, 0.6) is 0 Å². The summed E-state index contributed by atoms with van der Waals surface area (Å²) >= 11 is 0. The molecule has 0 bridgehead atoms. The third kappa shape index (κ3) is 4.06. The van der Waals surface area contributed by atoms with Crippen LogP contribution in [0.1, 0.15) is 36.0 Å². The van der Waals surface area contributed by atoms with Crippen molar-refractivity contribution in [2.75, 3.05) is 27.2 Å². The third-order valence-electron chi connectivity index (χ3n) is 3.64. The lowest BCUT2D eigenvalue weighted by molar-refractivity contribution is 0.0857. The van der Waals surface area contributed by atoms with E-state index in [1.54, 1.807) is 35.5 Å². The Hall–Kier alpha value is -1.44. The fourth-order valence-electron chi connectivity index (χ4n) is 2.48. The summed E-state index contributed by atoms with van der Waals surface area (Å²) in [6.45, 7) is 1.15. The van der Waals surface area contributed by atoms with Crippen molar-refractivity contribution in [1.82, 2.24) is 14.7 Å². The highest BCUT2D eigenvalue weighted by molar-refractivity contribution is 7.89. The Bertz CT molecular complexity index is 603. The highest BCUT2D eigenvalue weighted by atomic mass is 32.2. The first-order valence-corrected chi connectivity index (χ1v) is 8.94. The Morgan fingerprint density at radius 2 is 1.59 bits per heavy atom. The second-order valence-corrected chi connectivity index (χ2v) is 7.62. The summed E-state index contributed by atoms with van der Waals surface area (Å²) in [6, 6.07) is 6.10. The Kier molecular flexibility index (Phi) is 5.55. The molecule has 1 aliphatic rings. The number of hydrogen-bond donors (Lipinski definition) is 1. The van der Waals surface area contributed by atoms with Gasteiger partial charge in [-0.1, -0.05) is 12.8 Å². The van der Waals surface area contributed by atoms with Gasteiger partial charge < -0.3 is 0 Å². The lowest BCUT2D eigenvalue weighted by Gasteiger charge is -2.20. The van der Waals surface area contributed by atoms with Gasteiger partial charge in [0.05, 0.1) is 4.90 Å². The molecule has 1 saturated heterocycles. The highest BCUT2D eigenvalue weighted by Crippen LogP contribution is 2.20. The van der Waals surface area contributed by atoms with Crippen molar-refractivity contribution in [3.05, 3.63) is 29.8 Å². The minimum Gasteiger partial charge on any atom is -0.285 e. The Morgan fingerprint density at radius 3 is 2.09 bits per heavy atom. The van der Waals surface area contributed by atoms with Crippen LogP contribution >= 0.6 is 0 Å².